The molecule has 0 N–H and O–H groups in total. The average molecular weight is 687 g/mol. The zero-order valence-corrected chi connectivity index (χ0v) is 31.0. The molecule has 214 valence electrons. The van der Waals surface area contributed by atoms with Crippen LogP contribution in [0.15, 0.2) is 84.9 Å². The summed E-state index contributed by atoms with van der Waals surface area (Å²) in [6.45, 7) is 18.3. The molecule has 0 aliphatic carbocycles. The second-order valence-electron chi connectivity index (χ2n) is 13.0. The van der Waals surface area contributed by atoms with Crippen LogP contribution in [0.5, 0.6) is 0 Å². The first kappa shape index (κ1) is 33.1. The Morgan fingerprint density at radius 1 is 0.810 bits per heavy atom. The maximum Gasteiger partial charge on any atom is 0.0920 e. The van der Waals surface area contributed by atoms with Crippen LogP contribution in [0.25, 0.3) is 33.0 Å². The second-order valence-corrected chi connectivity index (χ2v) is 18.0. The van der Waals surface area contributed by atoms with Gasteiger partial charge in [0.15, 0.2) is 0 Å². The van der Waals surface area contributed by atoms with Crippen molar-refractivity contribution in [1.82, 2.24) is 0 Å². The van der Waals surface area contributed by atoms with Crippen LogP contribution in [0.2, 0.25) is 0 Å². The minimum absolute atomic E-state index is 0.137. The van der Waals surface area contributed by atoms with Crippen LogP contribution in [0.3, 0.4) is 0 Å². The van der Waals surface area contributed by atoms with E-state index in [1.54, 1.807) is 0 Å². The summed E-state index contributed by atoms with van der Waals surface area (Å²) in [5.74, 6) is 0. The molecule has 42 heavy (non-hydrogen) atoms. The van der Waals surface area contributed by atoms with E-state index in [1.807, 2.05) is 6.07 Å². The van der Waals surface area contributed by atoms with Crippen LogP contribution in [-0.4, -0.2) is 9.52 Å². The molecule has 6 rings (SSSR count). The van der Waals surface area contributed by atoms with Gasteiger partial charge in [0.1, 0.15) is 0 Å². The molecule has 1 aliphatic rings. The average Bonchev–Trinajstić information content (AvgIpc) is 3.51. The number of halogens is 2. The minimum Gasteiger partial charge on any atom is -0.184 e. The summed E-state index contributed by atoms with van der Waals surface area (Å²) in [4.78, 5) is 0. The molecular formula is C38H40Cl2SiZr. The summed E-state index contributed by atoms with van der Waals surface area (Å²) in [5.41, 5.74) is 11.5. The number of benzene rings is 4. The number of hydrogen-bond acceptors (Lipinski definition) is 0. The normalized spacial score (nSPS) is 12.0. The molecule has 0 fully saturated rings. The molecule has 0 amide bonds. The van der Waals surface area contributed by atoms with Crippen molar-refractivity contribution in [3.63, 3.8) is 0 Å². The van der Waals surface area contributed by atoms with Gasteiger partial charge in [0.25, 0.3) is 0 Å². The van der Waals surface area contributed by atoms with Crippen molar-refractivity contribution in [2.24, 2.45) is 0 Å². The van der Waals surface area contributed by atoms with Crippen molar-refractivity contribution in [2.75, 3.05) is 0 Å². The van der Waals surface area contributed by atoms with Crippen molar-refractivity contribution in [3.8, 4) is 22.3 Å². The zero-order chi connectivity index (χ0) is 30.7. The van der Waals surface area contributed by atoms with Crippen LogP contribution in [0.1, 0.15) is 70.7 Å². The standard InChI is InChI=1S/C26H33.C12H7Si.2ClH.Zr/c1-9-18-10-11-19-12-17(2)13-23(19)24(18)20-14-21(25(3,4)5)16-22(15-20)26(6,7)8;1-3-7-11-9(5-1)10-6-2-4-8-12(10)13-11;;;/h10-16H,9H2,1-8H3;1-7H;2*1H;/q2*-1;;;+4/p-2. The van der Waals surface area contributed by atoms with Crippen LogP contribution >= 0.6 is 17.0 Å². The Hall–Kier alpha value is -1.83. The predicted octanol–water partition coefficient (Wildman–Crippen LogP) is 10.2. The van der Waals surface area contributed by atoms with Gasteiger partial charge in [0.05, 0.1) is 9.52 Å². The number of fused-ring (bicyclic) bond motifs is 4. The van der Waals surface area contributed by atoms with E-state index in [0.717, 1.165) is 15.9 Å². The first-order chi connectivity index (χ1) is 19.9. The Bertz CT molecular complexity index is 1590. The van der Waals surface area contributed by atoms with E-state index >= 15 is 0 Å². The fourth-order valence-electron chi connectivity index (χ4n) is 5.48. The van der Waals surface area contributed by atoms with Crippen molar-refractivity contribution in [2.45, 2.75) is 72.6 Å². The van der Waals surface area contributed by atoms with Gasteiger partial charge in [-0.3, -0.25) is 0 Å². The molecule has 5 aromatic rings. The molecule has 0 saturated carbocycles. The third kappa shape index (κ3) is 7.62. The smallest absolute Gasteiger partial charge is 0.0920 e. The molecule has 5 aromatic carbocycles. The van der Waals surface area contributed by atoms with Crippen molar-refractivity contribution in [1.29, 1.82) is 0 Å². The molecule has 0 unspecified atom stereocenters. The van der Waals surface area contributed by atoms with E-state index in [-0.39, 0.29) is 10.8 Å². The van der Waals surface area contributed by atoms with E-state index < -0.39 is 20.8 Å². The van der Waals surface area contributed by atoms with Crippen LogP contribution in [0.4, 0.5) is 0 Å². The van der Waals surface area contributed by atoms with Gasteiger partial charge in [0, 0.05) is 0 Å². The fourth-order valence-corrected chi connectivity index (χ4v) is 6.79. The molecule has 0 atom stereocenters. The summed E-state index contributed by atoms with van der Waals surface area (Å²) in [6.07, 6.45) is 1.06. The van der Waals surface area contributed by atoms with E-state index in [0.29, 0.717) is 0 Å². The Morgan fingerprint density at radius 3 is 2.05 bits per heavy atom. The Balaban J connectivity index is 0.000000209. The largest absolute Gasteiger partial charge is 0.184 e. The molecule has 2 radical (unpaired) electrons. The third-order valence-corrected chi connectivity index (χ3v) is 9.16. The van der Waals surface area contributed by atoms with E-state index in [4.69, 9.17) is 17.0 Å². The summed E-state index contributed by atoms with van der Waals surface area (Å²) >= 11 is -0.826. The summed E-state index contributed by atoms with van der Waals surface area (Å²) in [6, 6.07) is 34.7. The number of hydrogen-bond donors (Lipinski definition) is 0. The molecule has 0 aromatic heterocycles. The van der Waals surface area contributed by atoms with Gasteiger partial charge >= 0.3 is 37.9 Å². The topological polar surface area (TPSA) is 0 Å². The molecule has 0 bridgehead atoms. The predicted molar refractivity (Wildman–Crippen MR) is 184 cm³/mol. The Morgan fingerprint density at radius 2 is 1.43 bits per heavy atom. The molecule has 0 spiro atoms. The van der Waals surface area contributed by atoms with Gasteiger partial charge in [-0.2, -0.15) is 35.5 Å². The van der Waals surface area contributed by atoms with Gasteiger partial charge < -0.3 is 0 Å². The maximum atomic E-state index is 4.93. The maximum absolute atomic E-state index is 4.93. The van der Waals surface area contributed by atoms with Gasteiger partial charge in [0.2, 0.25) is 0 Å². The van der Waals surface area contributed by atoms with E-state index in [1.165, 1.54) is 65.7 Å². The van der Waals surface area contributed by atoms with Crippen LogP contribution in [-0.2, 0) is 38.1 Å². The molecule has 4 heteroatoms. The third-order valence-electron chi connectivity index (χ3n) is 7.79. The van der Waals surface area contributed by atoms with Gasteiger partial charge in [-0.15, -0.1) is 40.1 Å². The zero-order valence-electron chi connectivity index (χ0n) is 26.0. The van der Waals surface area contributed by atoms with Crippen LogP contribution in [0, 0.1) is 13.0 Å². The summed E-state index contributed by atoms with van der Waals surface area (Å²) in [5, 5.41) is 5.57. The van der Waals surface area contributed by atoms with Crippen LogP contribution < -0.4 is 10.4 Å². The Labute approximate surface area is 274 Å². The summed E-state index contributed by atoms with van der Waals surface area (Å²) < 4.78 is 0. The van der Waals surface area contributed by atoms with Gasteiger partial charge in [-0.25, -0.2) is 0 Å². The van der Waals surface area contributed by atoms with E-state index in [9.17, 15) is 0 Å². The Kier molecular flexibility index (Phi) is 10.9. The fraction of sp³-hybridized carbons (Fsp3) is 0.289. The monoisotopic (exact) mass is 684 g/mol. The van der Waals surface area contributed by atoms with Crippen molar-refractivity contribution >= 4 is 47.7 Å². The molecule has 1 heterocycles. The summed E-state index contributed by atoms with van der Waals surface area (Å²) in [7, 11) is 10.7. The molecular weight excluding hydrogens is 647 g/mol. The quantitative estimate of drug-likeness (QED) is 0.126. The first-order valence-corrected chi connectivity index (χ1v) is 21.9. The van der Waals surface area contributed by atoms with Crippen molar-refractivity contribution < 1.29 is 20.8 Å². The van der Waals surface area contributed by atoms with Crippen molar-refractivity contribution in [3.05, 3.63) is 113 Å². The molecule has 0 saturated heterocycles. The SMILES string of the molecule is CCc1ccc2[cH-]c(C)cc2c1-c1cc(C(C)(C)C)cc(C(C)(C)C)c1.[Cl][Zr+2][Cl].[c-]1cccc2c1[Si]c1ccccc1-2. The van der Waals surface area contributed by atoms with Gasteiger partial charge in [-0.05, 0) is 33.9 Å². The molecule has 1 aliphatic heterocycles. The number of rotatable bonds is 2. The minimum atomic E-state index is -0.826. The van der Waals surface area contributed by atoms with E-state index in [2.05, 4.69) is 140 Å². The number of aryl methyl sites for hydroxylation is 2. The molecule has 0 nitrogen and oxygen atoms in total. The van der Waals surface area contributed by atoms with Gasteiger partial charge in [-0.1, -0.05) is 120 Å². The second kappa shape index (κ2) is 13.9. The first-order valence-electron chi connectivity index (χ1n) is 14.6.